The highest BCUT2D eigenvalue weighted by Gasteiger charge is 2.35. The van der Waals surface area contributed by atoms with Crippen molar-refractivity contribution >= 4 is 20.0 Å². The van der Waals surface area contributed by atoms with Gasteiger partial charge in [-0.3, -0.25) is 4.99 Å². The Morgan fingerprint density at radius 1 is 0.765 bits per heavy atom. The molecule has 4 aromatic carbocycles. The molecule has 0 amide bonds. The molecule has 5 rings (SSSR count). The number of nitrogens with zero attached hydrogens (tertiary/aromatic N) is 1. The lowest BCUT2D eigenvalue weighted by atomic mass is 9.81. The summed E-state index contributed by atoms with van der Waals surface area (Å²) in [5.41, 5.74) is 13.0. The topological polar surface area (TPSA) is 21.6 Å². The lowest BCUT2D eigenvalue weighted by molar-refractivity contribution is 0.615. The zero-order chi connectivity index (χ0) is 24.0. The minimum absolute atomic E-state index is 0.0347. The van der Waals surface area contributed by atoms with Gasteiger partial charge in [-0.05, 0) is 83.5 Å². The van der Waals surface area contributed by atoms with Crippen LogP contribution in [0, 0.1) is 20.8 Å². The Labute approximate surface area is 203 Å². The summed E-state index contributed by atoms with van der Waals surface area (Å²) in [5.74, 6) is 0.601. The van der Waals surface area contributed by atoms with Crippen molar-refractivity contribution in [3.63, 3.8) is 0 Å². The second kappa shape index (κ2) is 8.32. The molecule has 166 valence electrons. The minimum Gasteiger partial charge on any atom is -0.567 e. The van der Waals surface area contributed by atoms with Gasteiger partial charge in [0.2, 0.25) is 0 Å². The maximum Gasteiger partial charge on any atom is 0.374 e. The molecule has 0 heterocycles. The fourth-order valence-electron chi connectivity index (χ4n) is 5.33. The number of aryl methyl sites for hydroxylation is 3. The lowest BCUT2D eigenvalue weighted by Gasteiger charge is -2.22. The molecule has 0 N–H and O–H groups in total. The average molecular weight is 441 g/mol. The van der Waals surface area contributed by atoms with Crippen LogP contribution in [0.3, 0.4) is 0 Å². The predicted molar refractivity (Wildman–Crippen MR) is 144 cm³/mol. The molecular formula is C31H28BNO. The lowest BCUT2D eigenvalue weighted by Crippen LogP contribution is -2.14. The van der Waals surface area contributed by atoms with Crippen LogP contribution in [-0.4, -0.2) is 14.3 Å². The molecule has 0 spiro atoms. The molecule has 4 aromatic rings. The molecule has 0 unspecified atom stereocenters. The quantitative estimate of drug-likeness (QED) is 0.234. The van der Waals surface area contributed by atoms with Crippen molar-refractivity contribution in [3.8, 4) is 28.0 Å². The number of rotatable bonds is 4. The van der Waals surface area contributed by atoms with Gasteiger partial charge in [0.05, 0.1) is 5.69 Å². The van der Waals surface area contributed by atoms with Gasteiger partial charge in [0.25, 0.3) is 0 Å². The fourth-order valence-corrected chi connectivity index (χ4v) is 5.33. The molecule has 2 radical (unpaired) electrons. The Balaban J connectivity index is 1.56. The van der Waals surface area contributed by atoms with Crippen LogP contribution in [0.4, 0.5) is 5.69 Å². The van der Waals surface area contributed by atoms with E-state index < -0.39 is 0 Å². The first kappa shape index (κ1) is 22.2. The van der Waals surface area contributed by atoms with Crippen LogP contribution in [0.15, 0.2) is 77.8 Å². The van der Waals surface area contributed by atoms with Crippen LogP contribution in [-0.2, 0) is 5.41 Å². The fraction of sp³-hybridized carbons (Fsp3) is 0.194. The van der Waals surface area contributed by atoms with Crippen molar-refractivity contribution in [2.75, 3.05) is 0 Å². The molecule has 0 saturated carbocycles. The van der Waals surface area contributed by atoms with Crippen molar-refractivity contribution in [2.45, 2.75) is 40.0 Å². The summed E-state index contributed by atoms with van der Waals surface area (Å²) in [4.78, 5) is 4.81. The van der Waals surface area contributed by atoms with Gasteiger partial charge in [-0.2, -0.15) is 0 Å². The van der Waals surface area contributed by atoms with Crippen LogP contribution >= 0.6 is 0 Å². The second-order valence-electron chi connectivity index (χ2n) is 9.81. The second-order valence-corrected chi connectivity index (χ2v) is 9.81. The molecule has 1 aliphatic rings. The SMILES string of the molecule is [B]Oc1ccc(-c2ccc3c(c2)C(C)(C)c2ccccc2-3)cc1C=Nc1c(C)cc(C)cc1C. The Kier molecular flexibility index (Phi) is 5.44. The highest BCUT2D eigenvalue weighted by Crippen LogP contribution is 2.49. The third-order valence-corrected chi connectivity index (χ3v) is 7.02. The summed E-state index contributed by atoms with van der Waals surface area (Å²) in [6, 6.07) is 25.9. The summed E-state index contributed by atoms with van der Waals surface area (Å²) in [5, 5.41) is 0. The molecule has 0 aliphatic heterocycles. The van der Waals surface area contributed by atoms with E-state index in [9.17, 15) is 0 Å². The normalized spacial score (nSPS) is 13.7. The van der Waals surface area contributed by atoms with Gasteiger partial charge in [-0.15, -0.1) is 0 Å². The summed E-state index contributed by atoms with van der Waals surface area (Å²) in [6.07, 6.45) is 1.85. The van der Waals surface area contributed by atoms with Crippen molar-refractivity contribution in [1.82, 2.24) is 0 Å². The van der Waals surface area contributed by atoms with Gasteiger partial charge in [-0.25, -0.2) is 0 Å². The summed E-state index contributed by atoms with van der Waals surface area (Å²) >= 11 is 0. The monoisotopic (exact) mass is 441 g/mol. The Morgan fingerprint density at radius 2 is 1.41 bits per heavy atom. The van der Waals surface area contributed by atoms with E-state index in [-0.39, 0.29) is 5.41 Å². The zero-order valence-corrected chi connectivity index (χ0v) is 20.4. The summed E-state index contributed by atoms with van der Waals surface area (Å²) < 4.78 is 5.16. The Hall–Kier alpha value is -3.59. The highest BCUT2D eigenvalue weighted by molar-refractivity contribution is 6.01. The zero-order valence-electron chi connectivity index (χ0n) is 20.4. The minimum atomic E-state index is -0.0347. The van der Waals surface area contributed by atoms with Crippen LogP contribution in [0.5, 0.6) is 5.75 Å². The van der Waals surface area contributed by atoms with Crippen LogP contribution in [0.25, 0.3) is 22.3 Å². The van der Waals surface area contributed by atoms with Crippen molar-refractivity contribution in [1.29, 1.82) is 0 Å². The van der Waals surface area contributed by atoms with E-state index in [0.717, 1.165) is 27.9 Å². The molecule has 3 heteroatoms. The number of fused-ring (bicyclic) bond motifs is 3. The van der Waals surface area contributed by atoms with E-state index in [1.54, 1.807) is 0 Å². The standard InChI is InChI=1S/C31H28BNO/c1-19-14-20(2)30(21(3)15-19)33-18-24-16-22(11-13-29(24)34-32)23-10-12-26-25-8-6-7-9-27(25)31(4,5)28(26)17-23/h6-18H,1-5H3. The van der Waals surface area contributed by atoms with E-state index >= 15 is 0 Å². The predicted octanol–water partition coefficient (Wildman–Crippen LogP) is 7.80. The van der Waals surface area contributed by atoms with E-state index in [1.807, 2.05) is 12.3 Å². The third-order valence-electron chi connectivity index (χ3n) is 7.02. The molecule has 0 fully saturated rings. The van der Waals surface area contributed by atoms with Gasteiger partial charge in [0.1, 0.15) is 5.75 Å². The maximum absolute atomic E-state index is 5.58. The van der Waals surface area contributed by atoms with Gasteiger partial charge in [0.15, 0.2) is 0 Å². The van der Waals surface area contributed by atoms with E-state index in [4.69, 9.17) is 17.7 Å². The number of hydrogen-bond donors (Lipinski definition) is 0. The average Bonchev–Trinajstić information content (AvgIpc) is 3.05. The maximum atomic E-state index is 5.58. The largest absolute Gasteiger partial charge is 0.567 e. The summed E-state index contributed by atoms with van der Waals surface area (Å²) in [7, 11) is 5.58. The highest BCUT2D eigenvalue weighted by atomic mass is 16.4. The molecule has 2 nitrogen and oxygen atoms in total. The van der Waals surface area contributed by atoms with E-state index in [0.29, 0.717) is 5.75 Å². The molecule has 0 atom stereocenters. The Bertz CT molecular complexity index is 1430. The number of benzene rings is 4. The van der Waals surface area contributed by atoms with Crippen LogP contribution in [0.2, 0.25) is 0 Å². The molecule has 34 heavy (non-hydrogen) atoms. The Morgan fingerprint density at radius 3 is 2.15 bits per heavy atom. The molecule has 0 aromatic heterocycles. The molecule has 1 aliphatic carbocycles. The van der Waals surface area contributed by atoms with Crippen LogP contribution in [0.1, 0.15) is 47.2 Å². The number of aliphatic imine (C=N–C) groups is 1. The van der Waals surface area contributed by atoms with Gasteiger partial charge in [-0.1, -0.05) is 74.0 Å². The van der Waals surface area contributed by atoms with Crippen molar-refractivity contribution in [2.24, 2.45) is 4.99 Å². The first-order valence-electron chi connectivity index (χ1n) is 11.7. The molecule has 0 saturated heterocycles. The van der Waals surface area contributed by atoms with Gasteiger partial charge >= 0.3 is 8.05 Å². The van der Waals surface area contributed by atoms with E-state index in [1.165, 1.54) is 33.4 Å². The smallest absolute Gasteiger partial charge is 0.374 e. The number of hydrogen-bond acceptors (Lipinski definition) is 2. The van der Waals surface area contributed by atoms with Gasteiger partial charge < -0.3 is 4.65 Å². The van der Waals surface area contributed by atoms with Crippen molar-refractivity contribution in [3.05, 3.63) is 106 Å². The third kappa shape index (κ3) is 3.66. The summed E-state index contributed by atoms with van der Waals surface area (Å²) in [6.45, 7) is 10.9. The van der Waals surface area contributed by atoms with E-state index in [2.05, 4.69) is 101 Å². The van der Waals surface area contributed by atoms with Crippen molar-refractivity contribution < 1.29 is 4.65 Å². The molecular weight excluding hydrogens is 413 g/mol. The van der Waals surface area contributed by atoms with Gasteiger partial charge in [0, 0.05) is 17.2 Å². The molecule has 0 bridgehead atoms. The first-order valence-corrected chi connectivity index (χ1v) is 11.7. The first-order chi connectivity index (χ1) is 16.3. The van der Waals surface area contributed by atoms with Crippen LogP contribution < -0.4 is 4.65 Å².